The number of piperidine rings is 1. The molecule has 160 valence electrons. The summed E-state index contributed by atoms with van der Waals surface area (Å²) >= 11 is 0. The first-order chi connectivity index (χ1) is 15.0. The van der Waals surface area contributed by atoms with Crippen LogP contribution >= 0.6 is 0 Å². The fourth-order valence-corrected chi connectivity index (χ4v) is 4.57. The van der Waals surface area contributed by atoms with Gasteiger partial charge in [0.1, 0.15) is 0 Å². The summed E-state index contributed by atoms with van der Waals surface area (Å²) < 4.78 is 0. The Morgan fingerprint density at radius 1 is 1.10 bits per heavy atom. The van der Waals surface area contributed by atoms with Gasteiger partial charge < -0.3 is 15.1 Å². The van der Waals surface area contributed by atoms with Crippen LogP contribution in [0.3, 0.4) is 0 Å². The number of likely N-dealkylation sites (tertiary alicyclic amines) is 1. The predicted molar refractivity (Wildman–Crippen MR) is 121 cm³/mol. The Balaban J connectivity index is 1.35. The Morgan fingerprint density at radius 2 is 1.84 bits per heavy atom. The Morgan fingerprint density at radius 3 is 2.55 bits per heavy atom. The van der Waals surface area contributed by atoms with Crippen molar-refractivity contribution in [2.75, 3.05) is 29.9 Å². The van der Waals surface area contributed by atoms with E-state index in [4.69, 9.17) is 0 Å². The molecule has 0 atom stereocenters. The largest absolute Gasteiger partial charge is 0.369 e. The molecule has 2 aliphatic rings. The Labute approximate surface area is 183 Å². The number of nitrogens with one attached hydrogen (secondary N) is 1. The number of anilines is 2. The highest BCUT2D eigenvalue weighted by atomic mass is 16.2. The smallest absolute Gasteiger partial charge is 0.255 e. The van der Waals surface area contributed by atoms with E-state index in [2.05, 4.69) is 42.3 Å². The topological polar surface area (TPSA) is 76.4 Å². The summed E-state index contributed by atoms with van der Waals surface area (Å²) in [6, 6.07) is 15.6. The maximum atomic E-state index is 12.8. The number of hydrogen-bond acceptors (Lipinski definition) is 4. The highest BCUT2D eigenvalue weighted by molar-refractivity contribution is 5.97. The van der Waals surface area contributed by atoms with E-state index in [1.807, 2.05) is 6.07 Å². The molecular formula is C25H28N4O2. The third kappa shape index (κ3) is 4.27. The van der Waals surface area contributed by atoms with Crippen molar-refractivity contribution in [3.8, 4) is 6.07 Å². The molecule has 2 heterocycles. The van der Waals surface area contributed by atoms with Crippen molar-refractivity contribution in [2.45, 2.75) is 39.2 Å². The van der Waals surface area contributed by atoms with Gasteiger partial charge in [0, 0.05) is 43.0 Å². The van der Waals surface area contributed by atoms with E-state index in [0.717, 1.165) is 18.7 Å². The van der Waals surface area contributed by atoms with Crippen molar-refractivity contribution in [1.82, 2.24) is 4.90 Å². The first-order valence-corrected chi connectivity index (χ1v) is 11.0. The zero-order chi connectivity index (χ0) is 22.0. The lowest BCUT2D eigenvalue weighted by atomic mass is 9.95. The molecule has 1 N–H and O–H groups in total. The van der Waals surface area contributed by atoms with Crippen molar-refractivity contribution in [2.24, 2.45) is 5.92 Å². The number of benzene rings is 2. The predicted octanol–water partition coefficient (Wildman–Crippen LogP) is 3.82. The van der Waals surface area contributed by atoms with Gasteiger partial charge in [0.05, 0.1) is 17.2 Å². The number of amides is 2. The van der Waals surface area contributed by atoms with Crippen LogP contribution in [-0.4, -0.2) is 42.4 Å². The van der Waals surface area contributed by atoms with Gasteiger partial charge in [0.25, 0.3) is 5.91 Å². The Hall–Kier alpha value is -3.33. The molecule has 0 aliphatic carbocycles. The molecule has 0 unspecified atom stereocenters. The van der Waals surface area contributed by atoms with Crippen LogP contribution in [0.1, 0.15) is 48.2 Å². The number of nitrogens with zero attached hydrogens (tertiary/aromatic N) is 3. The van der Waals surface area contributed by atoms with Gasteiger partial charge in [-0.05, 0) is 69.0 Å². The summed E-state index contributed by atoms with van der Waals surface area (Å²) in [5, 5.41) is 12.3. The van der Waals surface area contributed by atoms with E-state index < -0.39 is 0 Å². The van der Waals surface area contributed by atoms with Gasteiger partial charge in [-0.3, -0.25) is 9.59 Å². The molecule has 0 aromatic heterocycles. The first kappa shape index (κ1) is 20.9. The number of hydrogen-bond donors (Lipinski definition) is 1. The van der Waals surface area contributed by atoms with Crippen LogP contribution in [0.25, 0.3) is 0 Å². The van der Waals surface area contributed by atoms with E-state index >= 15 is 0 Å². The summed E-state index contributed by atoms with van der Waals surface area (Å²) in [5.41, 5.74) is 4.21. The maximum Gasteiger partial charge on any atom is 0.255 e. The zero-order valence-corrected chi connectivity index (χ0v) is 18.1. The maximum absolute atomic E-state index is 12.8. The molecule has 2 aliphatic heterocycles. The zero-order valence-electron chi connectivity index (χ0n) is 18.1. The van der Waals surface area contributed by atoms with Gasteiger partial charge in [-0.15, -0.1) is 0 Å². The van der Waals surface area contributed by atoms with E-state index in [9.17, 15) is 14.9 Å². The minimum atomic E-state index is -0.135. The van der Waals surface area contributed by atoms with Crippen LogP contribution in [0.4, 0.5) is 11.4 Å². The lowest BCUT2D eigenvalue weighted by Gasteiger charge is -2.31. The van der Waals surface area contributed by atoms with Gasteiger partial charge >= 0.3 is 0 Å². The fourth-order valence-electron chi connectivity index (χ4n) is 4.57. The van der Waals surface area contributed by atoms with Gasteiger partial charge in [0.15, 0.2) is 0 Å². The summed E-state index contributed by atoms with van der Waals surface area (Å²) in [7, 11) is 0. The second kappa shape index (κ2) is 8.81. The van der Waals surface area contributed by atoms with Crippen LogP contribution < -0.4 is 10.2 Å². The molecule has 4 rings (SSSR count). The van der Waals surface area contributed by atoms with Crippen molar-refractivity contribution >= 4 is 23.2 Å². The van der Waals surface area contributed by atoms with E-state index in [0.29, 0.717) is 43.1 Å². The van der Waals surface area contributed by atoms with Crippen LogP contribution in [0, 0.1) is 17.2 Å². The lowest BCUT2D eigenvalue weighted by Crippen LogP contribution is -2.41. The molecule has 0 saturated carbocycles. The second-order valence-corrected chi connectivity index (χ2v) is 8.59. The average molecular weight is 417 g/mol. The molecule has 6 nitrogen and oxygen atoms in total. The summed E-state index contributed by atoms with van der Waals surface area (Å²) in [6.45, 7) is 6.45. The molecule has 2 aromatic rings. The van der Waals surface area contributed by atoms with Crippen LogP contribution in [0.2, 0.25) is 0 Å². The highest BCUT2D eigenvalue weighted by Gasteiger charge is 2.29. The third-order valence-corrected chi connectivity index (χ3v) is 6.33. The Bertz CT molecular complexity index is 1030. The van der Waals surface area contributed by atoms with E-state index in [1.165, 1.54) is 11.3 Å². The van der Waals surface area contributed by atoms with Crippen molar-refractivity contribution in [3.63, 3.8) is 0 Å². The van der Waals surface area contributed by atoms with Crippen molar-refractivity contribution < 1.29 is 9.59 Å². The second-order valence-electron chi connectivity index (χ2n) is 8.59. The molecule has 6 heteroatoms. The number of nitriles is 1. The van der Waals surface area contributed by atoms with Gasteiger partial charge in [-0.1, -0.05) is 12.1 Å². The molecule has 31 heavy (non-hydrogen) atoms. The fraction of sp³-hybridized carbons (Fsp3) is 0.400. The standard InChI is InChI=1S/C25H28N4O2/c1-17(2)29-14-11-19-15-21(7-8-23(19)29)27-24(30)18-9-12-28(13-10-18)25(31)22-6-4-3-5-20(22)16-26/h3-8,15,17-18H,9-14H2,1-2H3,(H,27,30). The van der Waals surface area contributed by atoms with Crippen molar-refractivity contribution in [1.29, 1.82) is 5.26 Å². The monoisotopic (exact) mass is 416 g/mol. The average Bonchev–Trinajstić information content (AvgIpc) is 3.22. The minimum absolute atomic E-state index is 0.0168. The van der Waals surface area contributed by atoms with E-state index in [1.54, 1.807) is 29.2 Å². The molecule has 0 bridgehead atoms. The van der Waals surface area contributed by atoms with Crippen LogP contribution in [0.15, 0.2) is 42.5 Å². The van der Waals surface area contributed by atoms with Crippen LogP contribution in [-0.2, 0) is 11.2 Å². The Kier molecular flexibility index (Phi) is 5.94. The number of rotatable bonds is 4. The van der Waals surface area contributed by atoms with Gasteiger partial charge in [-0.25, -0.2) is 0 Å². The summed E-state index contributed by atoms with van der Waals surface area (Å²) in [4.78, 5) is 29.8. The molecule has 0 spiro atoms. The molecule has 0 radical (unpaired) electrons. The summed E-state index contributed by atoms with van der Waals surface area (Å²) in [5.74, 6) is -0.233. The van der Waals surface area contributed by atoms with Crippen LogP contribution in [0.5, 0.6) is 0 Å². The minimum Gasteiger partial charge on any atom is -0.369 e. The number of fused-ring (bicyclic) bond motifs is 1. The van der Waals surface area contributed by atoms with E-state index in [-0.39, 0.29) is 17.7 Å². The molecular weight excluding hydrogens is 388 g/mol. The molecule has 2 aromatic carbocycles. The van der Waals surface area contributed by atoms with Crippen molar-refractivity contribution in [3.05, 3.63) is 59.2 Å². The first-order valence-electron chi connectivity index (χ1n) is 11.0. The number of carbonyl (C=O) groups excluding carboxylic acids is 2. The van der Waals surface area contributed by atoms with Gasteiger partial charge in [-0.2, -0.15) is 5.26 Å². The summed E-state index contributed by atoms with van der Waals surface area (Å²) in [6.07, 6.45) is 2.25. The number of carbonyl (C=O) groups is 2. The molecule has 1 saturated heterocycles. The third-order valence-electron chi connectivity index (χ3n) is 6.33. The SMILES string of the molecule is CC(C)N1CCc2cc(NC(=O)C3CCN(C(=O)c4ccccc4C#N)CC3)ccc21. The quantitative estimate of drug-likeness (QED) is 0.822. The lowest BCUT2D eigenvalue weighted by molar-refractivity contribution is -0.121. The molecule has 1 fully saturated rings. The van der Waals surface area contributed by atoms with Gasteiger partial charge in [0.2, 0.25) is 5.91 Å². The molecule has 2 amide bonds. The highest BCUT2D eigenvalue weighted by Crippen LogP contribution is 2.32. The normalized spacial score (nSPS) is 16.2.